The fourth-order valence-corrected chi connectivity index (χ4v) is 1.20. The summed E-state index contributed by atoms with van der Waals surface area (Å²) in [5.74, 6) is 0. The van der Waals surface area contributed by atoms with Gasteiger partial charge in [-0.3, -0.25) is 0 Å². The molecule has 0 aliphatic heterocycles. The lowest BCUT2D eigenvalue weighted by Gasteiger charge is -1.94. The van der Waals surface area contributed by atoms with Gasteiger partial charge in [0.05, 0.1) is 0 Å². The first kappa shape index (κ1) is 11.6. The first-order chi connectivity index (χ1) is 5.18. The number of carboxylic acid groups (broad SMARTS) is 1. The van der Waals surface area contributed by atoms with Crippen molar-refractivity contribution in [2.24, 2.45) is 0 Å². The molecule has 1 rings (SSSR count). The molecule has 0 heterocycles. The van der Waals surface area contributed by atoms with Gasteiger partial charge in [-0.1, -0.05) is 11.6 Å². The number of halogens is 2. The lowest BCUT2D eigenvalue weighted by Crippen LogP contribution is -1.81. The van der Waals surface area contributed by atoms with E-state index < -0.39 is 5.30 Å². The van der Waals surface area contributed by atoms with Gasteiger partial charge in [0.25, 0.3) is 0 Å². The predicted octanol–water partition coefficient (Wildman–Crippen LogP) is 3.53. The van der Waals surface area contributed by atoms with E-state index in [9.17, 15) is 4.79 Å². The Kier molecular flexibility index (Phi) is 5.13. The van der Waals surface area contributed by atoms with Gasteiger partial charge in [-0.15, -0.1) is 12.4 Å². The van der Waals surface area contributed by atoms with E-state index in [4.69, 9.17) is 16.7 Å². The lowest BCUT2D eigenvalue weighted by atomic mass is 10.4. The van der Waals surface area contributed by atoms with Crippen LogP contribution in [0.25, 0.3) is 0 Å². The van der Waals surface area contributed by atoms with Crippen LogP contribution in [0.15, 0.2) is 29.2 Å². The fraction of sp³-hybridized carbons (Fsp3) is 0. The summed E-state index contributed by atoms with van der Waals surface area (Å²) in [6.07, 6.45) is 0. The molecule has 0 fully saturated rings. The number of carbonyl (C=O) groups is 1. The van der Waals surface area contributed by atoms with Crippen LogP contribution in [-0.2, 0) is 0 Å². The molecule has 0 aliphatic carbocycles. The highest BCUT2D eigenvalue weighted by atomic mass is 35.5. The van der Waals surface area contributed by atoms with Gasteiger partial charge in [0.2, 0.25) is 0 Å². The number of benzene rings is 1. The minimum Gasteiger partial charge on any atom is -0.473 e. The highest BCUT2D eigenvalue weighted by Gasteiger charge is 1.99. The van der Waals surface area contributed by atoms with Gasteiger partial charge >= 0.3 is 5.30 Å². The zero-order chi connectivity index (χ0) is 8.27. The molecular weight excluding hydrogens is 219 g/mol. The van der Waals surface area contributed by atoms with Crippen molar-refractivity contribution >= 4 is 41.1 Å². The van der Waals surface area contributed by atoms with Crippen LogP contribution < -0.4 is 0 Å². The molecule has 0 radical (unpaired) electrons. The minimum absolute atomic E-state index is 0. The Morgan fingerprint density at radius 3 is 2.25 bits per heavy atom. The maximum absolute atomic E-state index is 10.2. The average Bonchev–Trinajstić information content (AvgIpc) is 1.93. The van der Waals surface area contributed by atoms with Crippen LogP contribution in [-0.4, -0.2) is 10.4 Å². The Morgan fingerprint density at radius 1 is 1.33 bits per heavy atom. The zero-order valence-electron chi connectivity index (χ0n) is 5.86. The molecule has 0 spiro atoms. The van der Waals surface area contributed by atoms with Crippen LogP contribution in [0.5, 0.6) is 0 Å². The molecule has 0 aliphatic rings. The standard InChI is InChI=1S/C7H5ClO2S.ClH/c8-5-1-3-6(4-2-5)11-7(9)10;/h1-4H,(H,9,10);1H. The van der Waals surface area contributed by atoms with Gasteiger partial charge in [-0.25, -0.2) is 4.79 Å². The van der Waals surface area contributed by atoms with E-state index in [1.165, 1.54) is 0 Å². The molecule has 0 saturated carbocycles. The largest absolute Gasteiger partial charge is 0.473 e. The number of hydrogen-bond acceptors (Lipinski definition) is 2. The number of thioether (sulfide) groups is 1. The van der Waals surface area contributed by atoms with Crippen molar-refractivity contribution in [1.29, 1.82) is 0 Å². The fourth-order valence-electron chi connectivity index (χ4n) is 0.603. The van der Waals surface area contributed by atoms with Crippen molar-refractivity contribution in [3.63, 3.8) is 0 Å². The van der Waals surface area contributed by atoms with Gasteiger partial charge in [0.15, 0.2) is 0 Å². The summed E-state index contributed by atoms with van der Waals surface area (Å²) >= 11 is 6.36. The van der Waals surface area contributed by atoms with E-state index in [1.807, 2.05) is 0 Å². The van der Waals surface area contributed by atoms with Crippen LogP contribution in [0, 0.1) is 0 Å². The second kappa shape index (κ2) is 5.30. The van der Waals surface area contributed by atoms with Crippen LogP contribution >= 0.6 is 35.8 Å². The third-order valence-electron chi connectivity index (χ3n) is 1.02. The van der Waals surface area contributed by atoms with Crippen molar-refractivity contribution < 1.29 is 9.90 Å². The third-order valence-corrected chi connectivity index (χ3v) is 1.95. The Morgan fingerprint density at radius 2 is 1.83 bits per heavy atom. The molecule has 66 valence electrons. The Labute approximate surface area is 85.3 Å². The van der Waals surface area contributed by atoms with Gasteiger partial charge in [0.1, 0.15) is 0 Å². The van der Waals surface area contributed by atoms with Crippen molar-refractivity contribution in [2.75, 3.05) is 0 Å². The Bertz CT molecular complexity index is 261. The Hall–Kier alpha value is -0.380. The highest BCUT2D eigenvalue weighted by molar-refractivity contribution is 8.13. The molecule has 1 aromatic rings. The molecule has 1 N–H and O–H groups in total. The van der Waals surface area contributed by atoms with E-state index >= 15 is 0 Å². The smallest absolute Gasteiger partial charge is 0.369 e. The van der Waals surface area contributed by atoms with Gasteiger partial charge in [-0.2, -0.15) is 0 Å². The van der Waals surface area contributed by atoms with Crippen molar-refractivity contribution in [3.8, 4) is 0 Å². The lowest BCUT2D eigenvalue weighted by molar-refractivity contribution is 0.222. The van der Waals surface area contributed by atoms with E-state index in [2.05, 4.69) is 0 Å². The van der Waals surface area contributed by atoms with E-state index in [-0.39, 0.29) is 12.4 Å². The summed E-state index contributed by atoms with van der Waals surface area (Å²) in [5.41, 5.74) is 0. The van der Waals surface area contributed by atoms with Crippen molar-refractivity contribution in [3.05, 3.63) is 29.3 Å². The third kappa shape index (κ3) is 3.85. The summed E-state index contributed by atoms with van der Waals surface area (Å²) in [7, 11) is 0. The molecule has 1 aromatic carbocycles. The first-order valence-corrected chi connectivity index (χ1v) is 4.04. The normalized spacial score (nSPS) is 8.75. The summed E-state index contributed by atoms with van der Waals surface area (Å²) in [6.45, 7) is 0. The summed E-state index contributed by atoms with van der Waals surface area (Å²) < 4.78 is 0. The molecular formula is C7H6Cl2O2S. The van der Waals surface area contributed by atoms with Crippen LogP contribution in [0.4, 0.5) is 4.79 Å². The molecule has 0 saturated heterocycles. The molecule has 0 atom stereocenters. The molecule has 12 heavy (non-hydrogen) atoms. The maximum Gasteiger partial charge on any atom is 0.369 e. The van der Waals surface area contributed by atoms with Gasteiger partial charge in [-0.05, 0) is 36.0 Å². The number of hydrogen-bond donors (Lipinski definition) is 1. The second-order valence-corrected chi connectivity index (χ2v) is 3.28. The van der Waals surface area contributed by atoms with Crippen molar-refractivity contribution in [1.82, 2.24) is 0 Å². The summed E-state index contributed by atoms with van der Waals surface area (Å²) in [6, 6.07) is 6.65. The van der Waals surface area contributed by atoms with Gasteiger partial charge < -0.3 is 5.11 Å². The average molecular weight is 225 g/mol. The minimum atomic E-state index is -0.910. The maximum atomic E-state index is 10.2. The molecule has 0 amide bonds. The topological polar surface area (TPSA) is 37.3 Å². The highest BCUT2D eigenvalue weighted by Crippen LogP contribution is 2.20. The summed E-state index contributed by atoms with van der Waals surface area (Å²) in [5, 5.41) is 8.07. The quantitative estimate of drug-likeness (QED) is 0.742. The van der Waals surface area contributed by atoms with Crippen LogP contribution in [0.2, 0.25) is 5.02 Å². The van der Waals surface area contributed by atoms with E-state index in [0.717, 1.165) is 11.8 Å². The zero-order valence-corrected chi connectivity index (χ0v) is 8.25. The van der Waals surface area contributed by atoms with Crippen LogP contribution in [0.3, 0.4) is 0 Å². The number of rotatable bonds is 1. The summed E-state index contributed by atoms with van der Waals surface area (Å²) in [4.78, 5) is 10.9. The molecule has 2 nitrogen and oxygen atoms in total. The SMILES string of the molecule is Cl.O=C(O)Sc1ccc(Cl)cc1. The van der Waals surface area contributed by atoms with Gasteiger partial charge in [0, 0.05) is 9.92 Å². The van der Waals surface area contributed by atoms with E-state index in [1.54, 1.807) is 24.3 Å². The molecule has 5 heteroatoms. The molecule has 0 bridgehead atoms. The Balaban J connectivity index is 0.00000121. The van der Waals surface area contributed by atoms with Crippen LogP contribution in [0.1, 0.15) is 0 Å². The first-order valence-electron chi connectivity index (χ1n) is 2.85. The molecule has 0 unspecified atom stereocenters. The van der Waals surface area contributed by atoms with Crippen molar-refractivity contribution in [2.45, 2.75) is 4.90 Å². The molecule has 0 aromatic heterocycles. The van der Waals surface area contributed by atoms with E-state index in [0.29, 0.717) is 9.92 Å². The monoisotopic (exact) mass is 224 g/mol. The predicted molar refractivity (Wildman–Crippen MR) is 52.6 cm³/mol. The second-order valence-electron chi connectivity index (χ2n) is 1.82.